The van der Waals surface area contributed by atoms with Crippen LogP contribution >= 0.6 is 0 Å². The van der Waals surface area contributed by atoms with Crippen LogP contribution in [0.25, 0.3) is 0 Å². The van der Waals surface area contributed by atoms with Crippen LogP contribution in [0.1, 0.15) is 24.1 Å². The summed E-state index contributed by atoms with van der Waals surface area (Å²) in [7, 11) is 0. The molecule has 0 fully saturated rings. The fourth-order valence-corrected chi connectivity index (χ4v) is 0.962. The van der Waals surface area contributed by atoms with Crippen molar-refractivity contribution < 1.29 is 5.11 Å². The lowest BCUT2D eigenvalue weighted by Gasteiger charge is -2.06. The molecule has 0 aromatic heterocycles. The fourth-order valence-electron chi connectivity index (χ4n) is 0.962. The minimum absolute atomic E-state index is 0.0364. The van der Waals surface area contributed by atoms with Gasteiger partial charge in [-0.05, 0) is 31.0 Å². The number of aryl methyl sites for hydroxylation is 1. The van der Waals surface area contributed by atoms with E-state index in [1.54, 1.807) is 6.07 Å². The molecule has 1 aromatic rings. The Kier molecular flexibility index (Phi) is 2.15. The molecule has 0 saturated heterocycles. The molecular weight excluding hydrogens is 138 g/mol. The summed E-state index contributed by atoms with van der Waals surface area (Å²) in [4.78, 5) is 0. The molecular formula is C9H13NO. The molecule has 0 amide bonds. The molecule has 0 unspecified atom stereocenters. The molecule has 3 N–H and O–H groups in total. The summed E-state index contributed by atoms with van der Waals surface area (Å²) in [5.41, 5.74) is 7.58. The van der Waals surface area contributed by atoms with Gasteiger partial charge in [0.2, 0.25) is 0 Å². The van der Waals surface area contributed by atoms with Crippen molar-refractivity contribution >= 4 is 0 Å². The Bertz CT molecular complexity index is 256. The number of benzene rings is 1. The van der Waals surface area contributed by atoms with E-state index in [0.717, 1.165) is 11.1 Å². The average molecular weight is 151 g/mol. The Hall–Kier alpha value is -1.02. The normalized spacial score (nSPS) is 13.0. The van der Waals surface area contributed by atoms with Gasteiger partial charge in [0.15, 0.2) is 0 Å². The highest BCUT2D eigenvalue weighted by Crippen LogP contribution is 2.19. The summed E-state index contributed by atoms with van der Waals surface area (Å²) in [5.74, 6) is 0.328. The molecule has 0 aliphatic heterocycles. The number of hydrogen-bond acceptors (Lipinski definition) is 2. The van der Waals surface area contributed by atoms with Crippen molar-refractivity contribution in [1.82, 2.24) is 0 Å². The lowest BCUT2D eigenvalue weighted by molar-refractivity contribution is 0.470. The van der Waals surface area contributed by atoms with Gasteiger partial charge in [0.25, 0.3) is 0 Å². The first kappa shape index (κ1) is 8.08. The first-order chi connectivity index (χ1) is 5.11. The van der Waals surface area contributed by atoms with Gasteiger partial charge in [0.1, 0.15) is 5.75 Å². The molecule has 60 valence electrons. The van der Waals surface area contributed by atoms with E-state index in [2.05, 4.69) is 0 Å². The van der Waals surface area contributed by atoms with Gasteiger partial charge in [0.05, 0.1) is 0 Å². The van der Waals surface area contributed by atoms with E-state index in [4.69, 9.17) is 5.73 Å². The SMILES string of the molecule is Cc1cc([C@@H](C)N)ccc1O. The van der Waals surface area contributed by atoms with E-state index in [0.29, 0.717) is 5.75 Å². The Balaban J connectivity index is 3.05. The minimum atomic E-state index is 0.0364. The Morgan fingerprint density at radius 1 is 1.45 bits per heavy atom. The second kappa shape index (κ2) is 2.93. The number of nitrogens with two attached hydrogens (primary N) is 1. The van der Waals surface area contributed by atoms with Crippen molar-refractivity contribution in [3.8, 4) is 5.75 Å². The van der Waals surface area contributed by atoms with Crippen LogP contribution in [0.3, 0.4) is 0 Å². The summed E-state index contributed by atoms with van der Waals surface area (Å²) in [6.07, 6.45) is 0. The maximum absolute atomic E-state index is 9.18. The smallest absolute Gasteiger partial charge is 0.118 e. The number of phenols is 1. The molecule has 1 aromatic carbocycles. The molecule has 1 atom stereocenters. The molecule has 2 nitrogen and oxygen atoms in total. The minimum Gasteiger partial charge on any atom is -0.508 e. The highest BCUT2D eigenvalue weighted by Gasteiger charge is 2.00. The van der Waals surface area contributed by atoms with Crippen molar-refractivity contribution in [1.29, 1.82) is 0 Å². The molecule has 0 aliphatic carbocycles. The van der Waals surface area contributed by atoms with Crippen LogP contribution in [0.2, 0.25) is 0 Å². The first-order valence-corrected chi connectivity index (χ1v) is 3.66. The van der Waals surface area contributed by atoms with Crippen molar-refractivity contribution in [2.24, 2.45) is 5.73 Å². The molecule has 0 radical (unpaired) electrons. The molecule has 1 rings (SSSR count). The third-order valence-electron chi connectivity index (χ3n) is 1.75. The lowest BCUT2D eigenvalue weighted by Crippen LogP contribution is -2.04. The molecule has 0 saturated carbocycles. The van der Waals surface area contributed by atoms with Gasteiger partial charge in [-0.25, -0.2) is 0 Å². The van der Waals surface area contributed by atoms with Crippen molar-refractivity contribution in [2.45, 2.75) is 19.9 Å². The number of hydrogen-bond donors (Lipinski definition) is 2. The molecule has 2 heteroatoms. The highest BCUT2D eigenvalue weighted by atomic mass is 16.3. The average Bonchev–Trinajstić information content (AvgIpc) is 1.94. The van der Waals surface area contributed by atoms with Crippen LogP contribution in [0.15, 0.2) is 18.2 Å². The molecule has 11 heavy (non-hydrogen) atoms. The fraction of sp³-hybridized carbons (Fsp3) is 0.333. The van der Waals surface area contributed by atoms with Crippen molar-refractivity contribution in [2.75, 3.05) is 0 Å². The van der Waals surface area contributed by atoms with Crippen LogP contribution in [0.5, 0.6) is 5.75 Å². The first-order valence-electron chi connectivity index (χ1n) is 3.66. The third kappa shape index (κ3) is 1.71. The Labute approximate surface area is 66.7 Å². The standard InChI is InChI=1S/C9H13NO/c1-6-5-8(7(2)10)3-4-9(6)11/h3-5,7,11H,10H2,1-2H3/t7-/m1/s1. The summed E-state index contributed by atoms with van der Waals surface area (Å²) >= 11 is 0. The van der Waals surface area contributed by atoms with Gasteiger partial charge in [-0.2, -0.15) is 0 Å². The van der Waals surface area contributed by atoms with Crippen LogP contribution in [-0.2, 0) is 0 Å². The van der Waals surface area contributed by atoms with Gasteiger partial charge in [0, 0.05) is 6.04 Å². The summed E-state index contributed by atoms with van der Waals surface area (Å²) in [6, 6.07) is 5.45. The zero-order chi connectivity index (χ0) is 8.43. The van der Waals surface area contributed by atoms with Gasteiger partial charge in [-0.3, -0.25) is 0 Å². The topological polar surface area (TPSA) is 46.2 Å². The maximum Gasteiger partial charge on any atom is 0.118 e. The quantitative estimate of drug-likeness (QED) is 0.642. The van der Waals surface area contributed by atoms with E-state index < -0.39 is 0 Å². The highest BCUT2D eigenvalue weighted by molar-refractivity contribution is 5.35. The van der Waals surface area contributed by atoms with Crippen LogP contribution < -0.4 is 5.73 Å². The lowest BCUT2D eigenvalue weighted by atomic mass is 10.1. The molecule has 0 heterocycles. The monoisotopic (exact) mass is 151 g/mol. The summed E-state index contributed by atoms with van der Waals surface area (Å²) < 4.78 is 0. The number of phenolic OH excluding ortho intramolecular Hbond substituents is 1. The number of rotatable bonds is 1. The largest absolute Gasteiger partial charge is 0.508 e. The summed E-state index contributed by atoms with van der Waals surface area (Å²) in [5, 5.41) is 9.18. The second-order valence-corrected chi connectivity index (χ2v) is 2.83. The second-order valence-electron chi connectivity index (χ2n) is 2.83. The van der Waals surface area contributed by atoms with E-state index in [1.807, 2.05) is 26.0 Å². The van der Waals surface area contributed by atoms with E-state index >= 15 is 0 Å². The molecule has 0 spiro atoms. The van der Waals surface area contributed by atoms with Crippen molar-refractivity contribution in [3.63, 3.8) is 0 Å². The Morgan fingerprint density at radius 3 is 2.55 bits per heavy atom. The Morgan fingerprint density at radius 2 is 2.09 bits per heavy atom. The van der Waals surface area contributed by atoms with E-state index in [-0.39, 0.29) is 6.04 Å². The maximum atomic E-state index is 9.18. The van der Waals surface area contributed by atoms with Gasteiger partial charge in [-0.15, -0.1) is 0 Å². The van der Waals surface area contributed by atoms with Gasteiger partial charge < -0.3 is 10.8 Å². The van der Waals surface area contributed by atoms with E-state index in [1.165, 1.54) is 0 Å². The van der Waals surface area contributed by atoms with E-state index in [9.17, 15) is 5.11 Å². The van der Waals surface area contributed by atoms with Crippen LogP contribution in [0.4, 0.5) is 0 Å². The third-order valence-corrected chi connectivity index (χ3v) is 1.75. The van der Waals surface area contributed by atoms with Crippen LogP contribution in [0, 0.1) is 6.92 Å². The zero-order valence-corrected chi connectivity index (χ0v) is 6.83. The van der Waals surface area contributed by atoms with Gasteiger partial charge >= 0.3 is 0 Å². The van der Waals surface area contributed by atoms with Crippen molar-refractivity contribution in [3.05, 3.63) is 29.3 Å². The van der Waals surface area contributed by atoms with Crippen LogP contribution in [-0.4, -0.2) is 5.11 Å². The predicted molar refractivity (Wildman–Crippen MR) is 45.4 cm³/mol. The summed E-state index contributed by atoms with van der Waals surface area (Å²) in [6.45, 7) is 3.78. The zero-order valence-electron chi connectivity index (χ0n) is 6.83. The molecule has 0 bridgehead atoms. The predicted octanol–water partition coefficient (Wildman–Crippen LogP) is 1.72. The van der Waals surface area contributed by atoms with Gasteiger partial charge in [-0.1, -0.05) is 12.1 Å². The molecule has 0 aliphatic rings. The number of aromatic hydroxyl groups is 1.